The van der Waals surface area contributed by atoms with Crippen molar-refractivity contribution < 1.29 is 14.3 Å². The van der Waals surface area contributed by atoms with Crippen molar-refractivity contribution in [2.24, 2.45) is 0 Å². The number of hydrogen-bond donors (Lipinski definition) is 0. The molecule has 0 saturated carbocycles. The van der Waals surface area contributed by atoms with Crippen LogP contribution in [0.4, 0.5) is 5.69 Å². The van der Waals surface area contributed by atoms with Crippen molar-refractivity contribution in [3.8, 4) is 11.5 Å². The Bertz CT molecular complexity index is 909. The lowest BCUT2D eigenvalue weighted by atomic mass is 10.0. The summed E-state index contributed by atoms with van der Waals surface area (Å²) in [5, 5.41) is 0. The Morgan fingerprint density at radius 1 is 0.968 bits per heavy atom. The van der Waals surface area contributed by atoms with Crippen molar-refractivity contribution in [3.63, 3.8) is 0 Å². The molecule has 6 heteroatoms. The van der Waals surface area contributed by atoms with Gasteiger partial charge < -0.3 is 19.3 Å². The predicted octanol–water partition coefficient (Wildman–Crippen LogP) is 3.50. The molecule has 0 unspecified atom stereocenters. The number of anilines is 1. The van der Waals surface area contributed by atoms with Gasteiger partial charge in [0.15, 0.2) is 11.5 Å². The summed E-state index contributed by atoms with van der Waals surface area (Å²) in [5.74, 6) is 1.71. The smallest absolute Gasteiger partial charge is 0.236 e. The van der Waals surface area contributed by atoms with Crippen LogP contribution in [0.1, 0.15) is 30.0 Å². The largest absolute Gasteiger partial charge is 0.493 e. The highest BCUT2D eigenvalue weighted by Crippen LogP contribution is 2.36. The van der Waals surface area contributed by atoms with Gasteiger partial charge in [-0.25, -0.2) is 0 Å². The standard InChI is InChI=1S/C25H33N3O3/c1-19-6-4-7-21(16-19)26-12-14-27(15-13-26)25(29)18-28-11-5-8-22(28)20-9-10-23(30-2)24(17-20)31-3/h4,6-7,9-10,16-17,22H,5,8,11-15,18H2,1-3H3/t22-/m1/s1. The number of likely N-dealkylation sites (tertiary alicyclic amines) is 1. The second kappa shape index (κ2) is 9.60. The molecule has 2 fully saturated rings. The van der Waals surface area contributed by atoms with Crippen molar-refractivity contribution in [1.29, 1.82) is 0 Å². The molecule has 0 bridgehead atoms. The first-order valence-electron chi connectivity index (χ1n) is 11.1. The predicted molar refractivity (Wildman–Crippen MR) is 123 cm³/mol. The topological polar surface area (TPSA) is 45.2 Å². The Hall–Kier alpha value is -2.73. The summed E-state index contributed by atoms with van der Waals surface area (Å²) in [6, 6.07) is 14.9. The maximum absolute atomic E-state index is 13.1. The van der Waals surface area contributed by atoms with E-state index in [0.717, 1.165) is 57.1 Å². The Morgan fingerprint density at radius 2 is 1.74 bits per heavy atom. The summed E-state index contributed by atoms with van der Waals surface area (Å²) >= 11 is 0. The van der Waals surface area contributed by atoms with Crippen LogP contribution in [-0.2, 0) is 4.79 Å². The quantitative estimate of drug-likeness (QED) is 0.712. The van der Waals surface area contributed by atoms with Gasteiger partial charge in [-0.15, -0.1) is 0 Å². The number of ether oxygens (including phenoxy) is 2. The van der Waals surface area contributed by atoms with E-state index in [-0.39, 0.29) is 11.9 Å². The number of carbonyl (C=O) groups is 1. The molecule has 0 spiro atoms. The first-order chi connectivity index (χ1) is 15.1. The molecule has 2 saturated heterocycles. The summed E-state index contributed by atoms with van der Waals surface area (Å²) in [6.07, 6.45) is 2.16. The van der Waals surface area contributed by atoms with Crippen molar-refractivity contribution >= 4 is 11.6 Å². The minimum absolute atomic E-state index is 0.233. The van der Waals surface area contributed by atoms with Gasteiger partial charge >= 0.3 is 0 Å². The normalized spacial score (nSPS) is 19.5. The summed E-state index contributed by atoms with van der Waals surface area (Å²) < 4.78 is 10.8. The van der Waals surface area contributed by atoms with Gasteiger partial charge in [-0.1, -0.05) is 18.2 Å². The van der Waals surface area contributed by atoms with E-state index in [4.69, 9.17) is 9.47 Å². The number of aryl methyl sites for hydroxylation is 1. The minimum atomic E-state index is 0.233. The van der Waals surface area contributed by atoms with Gasteiger partial charge in [0.05, 0.1) is 20.8 Å². The van der Waals surface area contributed by atoms with E-state index < -0.39 is 0 Å². The van der Waals surface area contributed by atoms with Crippen LogP contribution in [0, 0.1) is 6.92 Å². The zero-order valence-electron chi connectivity index (χ0n) is 18.8. The minimum Gasteiger partial charge on any atom is -0.493 e. The van der Waals surface area contributed by atoms with Gasteiger partial charge in [-0.05, 0) is 61.7 Å². The molecule has 0 radical (unpaired) electrons. The van der Waals surface area contributed by atoms with Gasteiger partial charge in [0.1, 0.15) is 0 Å². The number of hydrogen-bond acceptors (Lipinski definition) is 5. The third kappa shape index (κ3) is 4.79. The fraction of sp³-hybridized carbons (Fsp3) is 0.480. The van der Waals surface area contributed by atoms with Gasteiger partial charge in [-0.2, -0.15) is 0 Å². The Balaban J connectivity index is 1.36. The van der Waals surface area contributed by atoms with Crippen LogP contribution in [0.25, 0.3) is 0 Å². The molecule has 6 nitrogen and oxygen atoms in total. The number of rotatable bonds is 6. The van der Waals surface area contributed by atoms with E-state index in [1.54, 1.807) is 14.2 Å². The highest BCUT2D eigenvalue weighted by Gasteiger charge is 2.30. The van der Waals surface area contributed by atoms with Crippen LogP contribution in [0.3, 0.4) is 0 Å². The van der Waals surface area contributed by atoms with Crippen molar-refractivity contribution in [2.75, 3.05) is 58.4 Å². The van der Waals surface area contributed by atoms with Crippen LogP contribution < -0.4 is 14.4 Å². The third-order valence-corrected chi connectivity index (χ3v) is 6.49. The number of methoxy groups -OCH3 is 2. The molecule has 1 amide bonds. The molecule has 2 aromatic rings. The second-order valence-corrected chi connectivity index (χ2v) is 8.45. The Labute approximate surface area is 185 Å². The molecule has 4 rings (SSSR count). The highest BCUT2D eigenvalue weighted by molar-refractivity contribution is 5.78. The SMILES string of the molecule is COc1ccc([C@H]2CCCN2CC(=O)N2CCN(c3cccc(C)c3)CC2)cc1OC. The van der Waals surface area contributed by atoms with Gasteiger partial charge in [0.2, 0.25) is 5.91 Å². The molecule has 2 aromatic carbocycles. The number of piperazine rings is 1. The van der Waals surface area contributed by atoms with Gasteiger partial charge in [0.25, 0.3) is 0 Å². The number of benzene rings is 2. The van der Waals surface area contributed by atoms with E-state index in [2.05, 4.69) is 47.1 Å². The van der Waals surface area contributed by atoms with Crippen LogP contribution in [0.5, 0.6) is 11.5 Å². The van der Waals surface area contributed by atoms with E-state index in [0.29, 0.717) is 6.54 Å². The average Bonchev–Trinajstić information content (AvgIpc) is 3.26. The lowest BCUT2D eigenvalue weighted by Crippen LogP contribution is -2.51. The number of amides is 1. The van der Waals surface area contributed by atoms with Crippen LogP contribution in [0.2, 0.25) is 0 Å². The molecule has 0 aromatic heterocycles. The molecule has 0 aliphatic carbocycles. The molecular formula is C25H33N3O3. The van der Waals surface area contributed by atoms with Crippen LogP contribution in [0.15, 0.2) is 42.5 Å². The Kier molecular flexibility index (Phi) is 6.66. The lowest BCUT2D eigenvalue weighted by molar-refractivity contribution is -0.133. The molecule has 0 N–H and O–H groups in total. The van der Waals surface area contributed by atoms with Crippen LogP contribution >= 0.6 is 0 Å². The average molecular weight is 424 g/mol. The van der Waals surface area contributed by atoms with Crippen LogP contribution in [-0.4, -0.2) is 69.2 Å². The maximum atomic E-state index is 13.1. The molecule has 31 heavy (non-hydrogen) atoms. The van der Waals surface area contributed by atoms with Crippen molar-refractivity contribution in [2.45, 2.75) is 25.8 Å². The zero-order valence-corrected chi connectivity index (χ0v) is 18.8. The fourth-order valence-electron chi connectivity index (χ4n) is 4.77. The van der Waals surface area contributed by atoms with E-state index in [1.807, 2.05) is 17.0 Å². The third-order valence-electron chi connectivity index (χ3n) is 6.49. The summed E-state index contributed by atoms with van der Waals surface area (Å²) in [4.78, 5) is 19.8. The second-order valence-electron chi connectivity index (χ2n) is 8.45. The maximum Gasteiger partial charge on any atom is 0.236 e. The number of carbonyl (C=O) groups excluding carboxylic acids is 1. The highest BCUT2D eigenvalue weighted by atomic mass is 16.5. The van der Waals surface area contributed by atoms with E-state index >= 15 is 0 Å². The zero-order chi connectivity index (χ0) is 21.8. The van der Waals surface area contributed by atoms with Crippen molar-refractivity contribution in [3.05, 3.63) is 53.6 Å². The van der Waals surface area contributed by atoms with E-state index in [1.165, 1.54) is 16.8 Å². The van der Waals surface area contributed by atoms with E-state index in [9.17, 15) is 4.79 Å². The molecule has 2 heterocycles. The summed E-state index contributed by atoms with van der Waals surface area (Å²) in [6.45, 7) is 6.87. The van der Waals surface area contributed by atoms with Crippen molar-refractivity contribution in [1.82, 2.24) is 9.80 Å². The Morgan fingerprint density at radius 3 is 2.45 bits per heavy atom. The summed E-state index contributed by atoms with van der Waals surface area (Å²) in [5.41, 5.74) is 3.71. The molecule has 1 atom stereocenters. The molecule has 2 aliphatic heterocycles. The van der Waals surface area contributed by atoms with Gasteiger partial charge in [0, 0.05) is 37.9 Å². The number of nitrogens with zero attached hydrogens (tertiary/aromatic N) is 3. The molecular weight excluding hydrogens is 390 g/mol. The molecule has 2 aliphatic rings. The molecule has 166 valence electrons. The lowest BCUT2D eigenvalue weighted by Gasteiger charge is -2.37. The monoisotopic (exact) mass is 423 g/mol. The first-order valence-corrected chi connectivity index (χ1v) is 11.1. The summed E-state index contributed by atoms with van der Waals surface area (Å²) in [7, 11) is 3.31. The van der Waals surface area contributed by atoms with Gasteiger partial charge in [-0.3, -0.25) is 9.69 Å². The fourth-order valence-corrected chi connectivity index (χ4v) is 4.77. The first kappa shape index (κ1) is 21.5.